The van der Waals surface area contributed by atoms with Gasteiger partial charge in [0, 0.05) is 32.7 Å². The molecule has 0 nitrogen and oxygen atoms in total. The molecular formula is C20H30Y. The molecule has 21 heavy (non-hydrogen) atoms. The van der Waals surface area contributed by atoms with Gasteiger partial charge in [-0.3, -0.25) is 0 Å². The van der Waals surface area contributed by atoms with Crippen LogP contribution in [0.15, 0.2) is 54.6 Å². The molecule has 1 radical (unpaired) electrons. The first-order valence-corrected chi connectivity index (χ1v) is 7.59. The van der Waals surface area contributed by atoms with E-state index in [1.807, 2.05) is 13.8 Å². The number of allylic oxidation sites excluding steroid dienone is 1. The minimum absolute atomic E-state index is 0. The Hall–Kier alpha value is -0.456. The van der Waals surface area contributed by atoms with Gasteiger partial charge in [0.15, 0.2) is 0 Å². The van der Waals surface area contributed by atoms with Gasteiger partial charge < -0.3 is 0 Å². The van der Waals surface area contributed by atoms with E-state index in [1.54, 1.807) is 0 Å². The van der Waals surface area contributed by atoms with Crippen LogP contribution in [0.1, 0.15) is 52.5 Å². The number of rotatable bonds is 2. The Kier molecular flexibility index (Phi) is 15.7. The number of benzene rings is 2. The van der Waals surface area contributed by atoms with Crippen LogP contribution in [0.25, 0.3) is 10.8 Å². The standard InChI is InChI=1S/C11H10.C5H12.C4H8.Y/c1-9-5-4-7-10-6-2-3-8-11(9)10;1-3-5-4-2;1-4(2)3;/h2-8H,1H3;3-5H2,1-2H3;1H2,2-3H3;. The van der Waals surface area contributed by atoms with Gasteiger partial charge in [-0.2, -0.15) is 0 Å². The normalized spacial score (nSPS) is 8.62. The van der Waals surface area contributed by atoms with Crippen LogP contribution in [0.2, 0.25) is 0 Å². The first-order valence-electron chi connectivity index (χ1n) is 7.59. The second-order valence-corrected chi connectivity index (χ2v) is 5.36. The maximum absolute atomic E-state index is 3.56. The first-order chi connectivity index (χ1) is 9.52. The van der Waals surface area contributed by atoms with Gasteiger partial charge in [0.2, 0.25) is 0 Å². The van der Waals surface area contributed by atoms with Crippen LogP contribution in [-0.4, -0.2) is 0 Å². The fourth-order valence-corrected chi connectivity index (χ4v) is 1.74. The van der Waals surface area contributed by atoms with Gasteiger partial charge >= 0.3 is 0 Å². The molecule has 0 unspecified atom stereocenters. The third-order valence-electron chi connectivity index (χ3n) is 2.71. The van der Waals surface area contributed by atoms with E-state index in [1.165, 1.54) is 41.2 Å². The largest absolute Gasteiger partial charge is 0.100 e. The van der Waals surface area contributed by atoms with Gasteiger partial charge in [0.1, 0.15) is 0 Å². The number of unbranched alkanes of at least 4 members (excludes halogenated alkanes) is 2. The van der Waals surface area contributed by atoms with Crippen LogP contribution in [0, 0.1) is 6.92 Å². The van der Waals surface area contributed by atoms with E-state index in [2.05, 4.69) is 69.8 Å². The Morgan fingerprint density at radius 3 is 1.81 bits per heavy atom. The monoisotopic (exact) mass is 359 g/mol. The summed E-state index contributed by atoms with van der Waals surface area (Å²) in [5.41, 5.74) is 2.52. The van der Waals surface area contributed by atoms with E-state index in [-0.39, 0.29) is 32.7 Å². The molecule has 1 heteroatoms. The Bertz CT molecular complexity index is 489. The number of hydrogen-bond acceptors (Lipinski definition) is 0. The molecule has 0 heterocycles. The van der Waals surface area contributed by atoms with Crippen molar-refractivity contribution < 1.29 is 32.7 Å². The van der Waals surface area contributed by atoms with Gasteiger partial charge in [-0.05, 0) is 37.1 Å². The maximum atomic E-state index is 3.56. The molecule has 0 fully saturated rings. The van der Waals surface area contributed by atoms with Crippen molar-refractivity contribution in [3.63, 3.8) is 0 Å². The van der Waals surface area contributed by atoms with Crippen molar-refractivity contribution >= 4 is 10.8 Å². The third kappa shape index (κ3) is 11.8. The predicted octanol–water partition coefficient (Wildman–Crippen LogP) is 6.92. The number of fused-ring (bicyclic) bond motifs is 1. The Morgan fingerprint density at radius 1 is 0.905 bits per heavy atom. The van der Waals surface area contributed by atoms with E-state index in [0.29, 0.717) is 0 Å². The molecule has 0 spiro atoms. The molecule has 0 saturated carbocycles. The van der Waals surface area contributed by atoms with Crippen LogP contribution in [0.4, 0.5) is 0 Å². The summed E-state index contributed by atoms with van der Waals surface area (Å²) in [4.78, 5) is 0. The zero-order chi connectivity index (χ0) is 15.4. The summed E-state index contributed by atoms with van der Waals surface area (Å²) in [6, 6.07) is 14.8. The van der Waals surface area contributed by atoms with Crippen molar-refractivity contribution in [1.82, 2.24) is 0 Å². The van der Waals surface area contributed by atoms with E-state index < -0.39 is 0 Å². The van der Waals surface area contributed by atoms with Gasteiger partial charge in [-0.25, -0.2) is 0 Å². The third-order valence-corrected chi connectivity index (χ3v) is 2.71. The van der Waals surface area contributed by atoms with Crippen LogP contribution < -0.4 is 0 Å². The van der Waals surface area contributed by atoms with E-state index in [4.69, 9.17) is 0 Å². The molecule has 0 atom stereocenters. The fourth-order valence-electron chi connectivity index (χ4n) is 1.74. The molecule has 0 N–H and O–H groups in total. The summed E-state index contributed by atoms with van der Waals surface area (Å²) >= 11 is 0. The molecule has 0 aliphatic carbocycles. The Morgan fingerprint density at radius 2 is 1.38 bits per heavy atom. The van der Waals surface area contributed by atoms with Crippen molar-refractivity contribution in [2.75, 3.05) is 0 Å². The molecule has 113 valence electrons. The molecule has 2 aromatic rings. The second kappa shape index (κ2) is 14.5. The maximum Gasteiger partial charge on any atom is 0 e. The van der Waals surface area contributed by atoms with Crippen LogP contribution in [-0.2, 0) is 32.7 Å². The van der Waals surface area contributed by atoms with Crippen molar-refractivity contribution in [2.24, 2.45) is 0 Å². The molecule has 0 aliphatic heterocycles. The van der Waals surface area contributed by atoms with Crippen molar-refractivity contribution in [2.45, 2.75) is 53.9 Å². The zero-order valence-corrected chi connectivity index (χ0v) is 17.3. The first kappa shape index (κ1) is 22.8. The second-order valence-electron chi connectivity index (χ2n) is 5.36. The minimum atomic E-state index is 0. The van der Waals surface area contributed by atoms with E-state index in [0.717, 1.165) is 0 Å². The average molecular weight is 359 g/mol. The van der Waals surface area contributed by atoms with E-state index in [9.17, 15) is 0 Å². The van der Waals surface area contributed by atoms with Gasteiger partial charge in [-0.1, -0.05) is 81.1 Å². The molecule has 2 rings (SSSR count). The van der Waals surface area contributed by atoms with Crippen molar-refractivity contribution in [3.05, 3.63) is 60.2 Å². The molecule has 0 aromatic heterocycles. The number of hydrogen-bond donors (Lipinski definition) is 0. The SMILES string of the molecule is C=C(C)C.CCCCC.Cc1cccc2ccccc12.[Y]. The van der Waals surface area contributed by atoms with Gasteiger partial charge in [0.05, 0.1) is 0 Å². The summed E-state index contributed by atoms with van der Waals surface area (Å²) in [5, 5.41) is 2.68. The predicted molar refractivity (Wildman–Crippen MR) is 94.4 cm³/mol. The van der Waals surface area contributed by atoms with Crippen molar-refractivity contribution in [3.8, 4) is 0 Å². The van der Waals surface area contributed by atoms with Crippen LogP contribution in [0.5, 0.6) is 0 Å². The fraction of sp³-hybridized carbons (Fsp3) is 0.400. The summed E-state index contributed by atoms with van der Waals surface area (Å²) in [6.07, 6.45) is 4.08. The summed E-state index contributed by atoms with van der Waals surface area (Å²) in [6.45, 7) is 14.1. The molecular weight excluding hydrogens is 329 g/mol. The Balaban J connectivity index is 0. The van der Waals surface area contributed by atoms with Gasteiger partial charge in [0.25, 0.3) is 0 Å². The number of aryl methyl sites for hydroxylation is 1. The summed E-state index contributed by atoms with van der Waals surface area (Å²) in [7, 11) is 0. The average Bonchev–Trinajstić information content (AvgIpc) is 2.40. The topological polar surface area (TPSA) is 0 Å². The van der Waals surface area contributed by atoms with Crippen LogP contribution in [0.3, 0.4) is 0 Å². The van der Waals surface area contributed by atoms with Crippen LogP contribution >= 0.6 is 0 Å². The molecule has 0 saturated heterocycles. The van der Waals surface area contributed by atoms with E-state index >= 15 is 0 Å². The zero-order valence-electron chi connectivity index (χ0n) is 14.4. The minimum Gasteiger partial charge on any atom is -0.100 e. The molecule has 2 aromatic carbocycles. The smallest absolute Gasteiger partial charge is 0 e. The Labute approximate surface area is 156 Å². The van der Waals surface area contributed by atoms with Gasteiger partial charge in [-0.15, -0.1) is 6.58 Å². The summed E-state index contributed by atoms with van der Waals surface area (Å²) in [5.74, 6) is 0. The van der Waals surface area contributed by atoms with Crippen molar-refractivity contribution in [1.29, 1.82) is 0 Å². The molecule has 0 bridgehead atoms. The summed E-state index contributed by atoms with van der Waals surface area (Å²) < 4.78 is 0. The molecule has 0 amide bonds. The quantitative estimate of drug-likeness (QED) is 0.510. The molecule has 0 aliphatic rings.